The molecule has 2 heterocycles. The molecule has 0 amide bonds. The van der Waals surface area contributed by atoms with Gasteiger partial charge in [-0.25, -0.2) is 4.79 Å². The number of aryl methyl sites for hydroxylation is 2. The number of ketones is 1. The lowest BCUT2D eigenvalue weighted by Gasteiger charge is -2.28. The molecule has 8 heteroatoms. The first-order valence-corrected chi connectivity index (χ1v) is 9.05. The maximum atomic E-state index is 13.5. The van der Waals surface area contributed by atoms with Gasteiger partial charge >= 0.3 is 5.97 Å². The predicted octanol–water partition coefficient (Wildman–Crippen LogP) is 2.61. The van der Waals surface area contributed by atoms with Crippen molar-refractivity contribution in [2.75, 3.05) is 12.4 Å². The summed E-state index contributed by atoms with van der Waals surface area (Å²) in [5.41, 5.74) is 3.60. The number of hydrogen-bond acceptors (Lipinski definition) is 7. The average Bonchev–Trinajstić information content (AvgIpc) is 3.21. The zero-order valence-electron chi connectivity index (χ0n) is 16.2. The Morgan fingerprint density at radius 1 is 1.00 bits per heavy atom. The van der Waals surface area contributed by atoms with Gasteiger partial charge in [0.1, 0.15) is 11.7 Å². The Bertz CT molecular complexity index is 1110. The van der Waals surface area contributed by atoms with Crippen LogP contribution in [0.1, 0.15) is 33.1 Å². The number of tetrazole rings is 1. The molecule has 0 saturated heterocycles. The van der Waals surface area contributed by atoms with Crippen LogP contribution in [0.5, 0.6) is 0 Å². The highest BCUT2D eigenvalue weighted by Crippen LogP contribution is 2.36. The van der Waals surface area contributed by atoms with Gasteiger partial charge in [0.25, 0.3) is 0 Å². The van der Waals surface area contributed by atoms with E-state index in [0.717, 1.165) is 16.7 Å². The third kappa shape index (κ3) is 3.29. The van der Waals surface area contributed by atoms with Crippen LogP contribution in [0.4, 0.5) is 5.95 Å². The Morgan fingerprint density at radius 2 is 1.62 bits per heavy atom. The maximum absolute atomic E-state index is 13.5. The fourth-order valence-corrected chi connectivity index (χ4v) is 3.31. The number of carbonyl (C=O) groups is 2. The van der Waals surface area contributed by atoms with Crippen LogP contribution in [-0.2, 0) is 9.53 Å². The van der Waals surface area contributed by atoms with Crippen molar-refractivity contribution in [3.05, 3.63) is 82.1 Å². The van der Waals surface area contributed by atoms with Gasteiger partial charge < -0.3 is 10.1 Å². The van der Waals surface area contributed by atoms with Gasteiger partial charge in [0.15, 0.2) is 5.78 Å². The van der Waals surface area contributed by atoms with E-state index in [1.807, 2.05) is 50.2 Å². The molecular weight excluding hydrogens is 370 g/mol. The molecule has 4 rings (SSSR count). The number of benzene rings is 2. The second kappa shape index (κ2) is 7.31. The Hall–Kier alpha value is -3.81. The summed E-state index contributed by atoms with van der Waals surface area (Å²) in [6, 6.07) is 14.2. The normalized spacial score (nSPS) is 15.5. The summed E-state index contributed by atoms with van der Waals surface area (Å²) in [4.78, 5) is 26.1. The van der Waals surface area contributed by atoms with Gasteiger partial charge in [-0.2, -0.15) is 4.68 Å². The molecule has 1 aliphatic rings. The van der Waals surface area contributed by atoms with Gasteiger partial charge in [0, 0.05) is 5.56 Å². The van der Waals surface area contributed by atoms with Crippen LogP contribution in [0.25, 0.3) is 0 Å². The fraction of sp³-hybridized carbons (Fsp3) is 0.190. The summed E-state index contributed by atoms with van der Waals surface area (Å²) in [6.07, 6.45) is 0. The van der Waals surface area contributed by atoms with Crippen molar-refractivity contribution in [3.63, 3.8) is 0 Å². The van der Waals surface area contributed by atoms with Crippen molar-refractivity contribution >= 4 is 17.7 Å². The molecule has 1 aliphatic heterocycles. The van der Waals surface area contributed by atoms with E-state index in [4.69, 9.17) is 4.74 Å². The highest BCUT2D eigenvalue weighted by molar-refractivity contribution is 6.14. The SMILES string of the molecule is COC(=O)C1=C(C(=O)c2ccc(C)cc2)[C@H](c2ccc(C)cc2)n2nnnc2N1. The molecule has 146 valence electrons. The molecule has 0 fully saturated rings. The molecule has 0 spiro atoms. The highest BCUT2D eigenvalue weighted by atomic mass is 16.5. The Labute approximate surface area is 167 Å². The molecule has 8 nitrogen and oxygen atoms in total. The van der Waals surface area contributed by atoms with Gasteiger partial charge in [-0.15, -0.1) is 0 Å². The zero-order valence-corrected chi connectivity index (χ0v) is 16.2. The molecule has 0 bridgehead atoms. The number of Topliss-reactive ketones (excluding diaryl/α,β-unsaturated/α-hetero) is 1. The molecule has 0 saturated carbocycles. The smallest absolute Gasteiger partial charge is 0.355 e. The minimum atomic E-state index is -0.676. The molecule has 1 aromatic heterocycles. The average molecular weight is 389 g/mol. The summed E-state index contributed by atoms with van der Waals surface area (Å²) >= 11 is 0. The number of rotatable bonds is 4. The predicted molar refractivity (Wildman–Crippen MR) is 105 cm³/mol. The Kier molecular flexibility index (Phi) is 4.67. The highest BCUT2D eigenvalue weighted by Gasteiger charge is 2.38. The molecule has 0 aliphatic carbocycles. The lowest BCUT2D eigenvalue weighted by molar-refractivity contribution is -0.136. The Balaban J connectivity index is 1.94. The van der Waals surface area contributed by atoms with Crippen LogP contribution >= 0.6 is 0 Å². The van der Waals surface area contributed by atoms with E-state index in [2.05, 4.69) is 20.8 Å². The first-order valence-electron chi connectivity index (χ1n) is 9.05. The summed E-state index contributed by atoms with van der Waals surface area (Å²) in [5.74, 6) is -0.701. The molecule has 3 aromatic rings. The van der Waals surface area contributed by atoms with Crippen LogP contribution in [0, 0.1) is 13.8 Å². The standard InChI is InChI=1S/C21H19N5O3/c1-12-4-8-14(9-5-12)18-16(19(27)15-10-6-13(2)7-11-15)17(20(28)29-3)22-21-23-24-25-26(18)21/h4-11,18H,1-3H3,(H,22,23,25)/t18-/m0/s1. The van der Waals surface area contributed by atoms with Crippen molar-refractivity contribution in [1.29, 1.82) is 0 Å². The summed E-state index contributed by atoms with van der Waals surface area (Å²) in [5, 5.41) is 14.6. The third-order valence-electron chi connectivity index (χ3n) is 4.86. The number of anilines is 1. The van der Waals surface area contributed by atoms with E-state index < -0.39 is 12.0 Å². The van der Waals surface area contributed by atoms with Crippen molar-refractivity contribution in [2.45, 2.75) is 19.9 Å². The molecule has 0 unspecified atom stereocenters. The zero-order chi connectivity index (χ0) is 20.5. The third-order valence-corrected chi connectivity index (χ3v) is 4.86. The number of nitrogens with zero attached hydrogens (tertiary/aromatic N) is 4. The second-order valence-electron chi connectivity index (χ2n) is 6.86. The van der Waals surface area contributed by atoms with Gasteiger partial charge in [-0.3, -0.25) is 4.79 Å². The summed E-state index contributed by atoms with van der Waals surface area (Å²) in [6.45, 7) is 3.92. The topological polar surface area (TPSA) is 99.0 Å². The molecule has 1 N–H and O–H groups in total. The Morgan fingerprint density at radius 3 is 2.24 bits per heavy atom. The first-order chi connectivity index (χ1) is 14.0. The van der Waals surface area contributed by atoms with Gasteiger partial charge in [0.2, 0.25) is 5.95 Å². The number of aromatic nitrogens is 4. The molecule has 29 heavy (non-hydrogen) atoms. The van der Waals surface area contributed by atoms with E-state index in [1.54, 1.807) is 12.1 Å². The van der Waals surface area contributed by atoms with Crippen LogP contribution in [0.3, 0.4) is 0 Å². The summed E-state index contributed by atoms with van der Waals surface area (Å²) < 4.78 is 6.43. The van der Waals surface area contributed by atoms with Crippen molar-refractivity contribution in [1.82, 2.24) is 20.2 Å². The van der Waals surface area contributed by atoms with Gasteiger partial charge in [-0.05, 0) is 29.8 Å². The molecule has 2 aromatic carbocycles. The monoisotopic (exact) mass is 389 g/mol. The summed E-state index contributed by atoms with van der Waals surface area (Å²) in [7, 11) is 1.27. The van der Waals surface area contributed by atoms with Crippen molar-refractivity contribution < 1.29 is 14.3 Å². The molecule has 0 radical (unpaired) electrons. The van der Waals surface area contributed by atoms with E-state index in [9.17, 15) is 9.59 Å². The van der Waals surface area contributed by atoms with Crippen molar-refractivity contribution in [3.8, 4) is 0 Å². The van der Waals surface area contributed by atoms with Gasteiger partial charge in [0.05, 0.1) is 12.7 Å². The quantitative estimate of drug-likeness (QED) is 0.541. The van der Waals surface area contributed by atoms with Crippen LogP contribution in [0.2, 0.25) is 0 Å². The van der Waals surface area contributed by atoms with E-state index in [-0.39, 0.29) is 23.0 Å². The second-order valence-corrected chi connectivity index (χ2v) is 6.86. The molecular formula is C21H19N5O3. The van der Waals surface area contributed by atoms with Gasteiger partial charge in [-0.1, -0.05) is 64.8 Å². The minimum absolute atomic E-state index is 0.0333. The number of methoxy groups -OCH3 is 1. The van der Waals surface area contributed by atoms with E-state index in [1.165, 1.54) is 11.8 Å². The molecule has 1 atom stereocenters. The largest absolute Gasteiger partial charge is 0.464 e. The van der Waals surface area contributed by atoms with Crippen LogP contribution < -0.4 is 5.32 Å². The van der Waals surface area contributed by atoms with Crippen LogP contribution in [-0.4, -0.2) is 39.1 Å². The first kappa shape index (κ1) is 18.5. The minimum Gasteiger partial charge on any atom is -0.464 e. The lowest BCUT2D eigenvalue weighted by Crippen LogP contribution is -2.32. The maximum Gasteiger partial charge on any atom is 0.355 e. The number of carbonyl (C=O) groups excluding carboxylic acids is 2. The van der Waals surface area contributed by atoms with Crippen molar-refractivity contribution in [2.24, 2.45) is 0 Å². The number of ether oxygens (including phenoxy) is 1. The van der Waals surface area contributed by atoms with Crippen LogP contribution in [0.15, 0.2) is 59.8 Å². The lowest BCUT2D eigenvalue weighted by atomic mass is 9.89. The number of esters is 1. The fourth-order valence-electron chi connectivity index (χ4n) is 3.31. The number of allylic oxidation sites excluding steroid dienone is 1. The number of nitrogens with one attached hydrogen (secondary N) is 1. The van der Waals surface area contributed by atoms with E-state index in [0.29, 0.717) is 5.56 Å². The van der Waals surface area contributed by atoms with E-state index >= 15 is 0 Å². The number of fused-ring (bicyclic) bond motifs is 1. The number of hydrogen-bond donors (Lipinski definition) is 1.